The lowest BCUT2D eigenvalue weighted by Gasteiger charge is -2.30. The first-order valence-electron chi connectivity index (χ1n) is 9.81. The van der Waals surface area contributed by atoms with Crippen LogP contribution >= 0.6 is 0 Å². The third-order valence-electron chi connectivity index (χ3n) is 6.38. The molecule has 0 saturated carbocycles. The number of para-hydroxylation sites is 2. The van der Waals surface area contributed by atoms with Crippen LogP contribution in [-0.4, -0.2) is 35.3 Å². The van der Waals surface area contributed by atoms with Crippen LogP contribution in [0.25, 0.3) is 33.2 Å². The van der Waals surface area contributed by atoms with E-state index in [2.05, 4.69) is 9.13 Å². The van der Waals surface area contributed by atoms with Gasteiger partial charge in [-0.25, -0.2) is 0 Å². The van der Waals surface area contributed by atoms with Crippen LogP contribution in [0.5, 0.6) is 0 Å². The number of methoxy groups -OCH3 is 2. The molecule has 30 heavy (non-hydrogen) atoms. The summed E-state index contributed by atoms with van der Waals surface area (Å²) in [5.41, 5.74) is 5.49. The fourth-order valence-electron chi connectivity index (χ4n) is 5.14. The van der Waals surface area contributed by atoms with Crippen LogP contribution in [0.4, 0.5) is 0 Å². The zero-order valence-electron chi connectivity index (χ0n) is 17.3. The Morgan fingerprint density at radius 1 is 0.700 bits per heavy atom. The quantitative estimate of drug-likeness (QED) is 0.478. The number of hydrogen-bond donors (Lipinski definition) is 0. The summed E-state index contributed by atoms with van der Waals surface area (Å²) in [6.45, 7) is 0. The van der Waals surface area contributed by atoms with E-state index in [1.807, 2.05) is 62.6 Å². The maximum Gasteiger partial charge on any atom is 0.314 e. The van der Waals surface area contributed by atoms with E-state index in [4.69, 9.17) is 9.47 Å². The molecule has 152 valence electrons. The molecule has 0 fully saturated rings. The number of benzene rings is 2. The molecule has 0 saturated heterocycles. The molecule has 4 aromatic rings. The third-order valence-corrected chi connectivity index (χ3v) is 6.38. The van der Waals surface area contributed by atoms with Crippen molar-refractivity contribution in [3.8, 4) is 11.4 Å². The van der Waals surface area contributed by atoms with Gasteiger partial charge in [-0.1, -0.05) is 36.4 Å². The molecular formula is C24H22N2O4. The number of fused-ring (bicyclic) bond motifs is 7. The first kappa shape index (κ1) is 18.5. The Kier molecular flexibility index (Phi) is 4.00. The second-order valence-electron chi connectivity index (χ2n) is 7.68. The third kappa shape index (κ3) is 2.19. The van der Waals surface area contributed by atoms with E-state index >= 15 is 0 Å². The van der Waals surface area contributed by atoms with Crippen molar-refractivity contribution in [3.05, 3.63) is 59.7 Å². The molecule has 5 rings (SSSR count). The second kappa shape index (κ2) is 6.49. The van der Waals surface area contributed by atoms with Gasteiger partial charge in [0.15, 0.2) is 0 Å². The minimum absolute atomic E-state index is 0.443. The number of aryl methyl sites for hydroxylation is 2. The van der Waals surface area contributed by atoms with Gasteiger partial charge in [-0.15, -0.1) is 0 Å². The summed E-state index contributed by atoms with van der Waals surface area (Å²) >= 11 is 0. The summed E-state index contributed by atoms with van der Waals surface area (Å²) in [4.78, 5) is 26.2. The average molecular weight is 402 g/mol. The van der Waals surface area contributed by atoms with E-state index in [-0.39, 0.29) is 0 Å². The molecule has 0 bridgehead atoms. The molecule has 0 unspecified atom stereocenters. The van der Waals surface area contributed by atoms with Gasteiger partial charge in [-0.3, -0.25) is 9.59 Å². The Morgan fingerprint density at radius 2 is 1.07 bits per heavy atom. The molecule has 0 radical (unpaired) electrons. The molecule has 0 aliphatic heterocycles. The average Bonchev–Trinajstić information content (AvgIpc) is 3.24. The monoisotopic (exact) mass is 402 g/mol. The summed E-state index contributed by atoms with van der Waals surface area (Å²) in [7, 11) is 6.71. The smallest absolute Gasteiger partial charge is 0.314 e. The highest BCUT2D eigenvalue weighted by Crippen LogP contribution is 2.54. The SMILES string of the molecule is COC(=O)[C@@H]1c2c(n(C)c3ccccc23)-c2c(c3ccccc3n2C)[C@@H]1C(=O)OC. The van der Waals surface area contributed by atoms with E-state index in [9.17, 15) is 9.59 Å². The van der Waals surface area contributed by atoms with E-state index in [0.717, 1.165) is 44.3 Å². The molecule has 1 aliphatic rings. The number of aromatic nitrogens is 2. The van der Waals surface area contributed by atoms with E-state index in [1.54, 1.807) is 0 Å². The van der Waals surface area contributed by atoms with Crippen LogP contribution in [0.3, 0.4) is 0 Å². The van der Waals surface area contributed by atoms with Crippen LogP contribution in [0.15, 0.2) is 48.5 Å². The molecule has 0 spiro atoms. The van der Waals surface area contributed by atoms with Crippen molar-refractivity contribution in [1.82, 2.24) is 9.13 Å². The van der Waals surface area contributed by atoms with Crippen molar-refractivity contribution in [2.24, 2.45) is 14.1 Å². The number of rotatable bonds is 2. The Labute approximate surface area is 173 Å². The van der Waals surface area contributed by atoms with E-state index in [1.165, 1.54) is 14.2 Å². The first-order chi connectivity index (χ1) is 14.5. The highest BCUT2D eigenvalue weighted by molar-refractivity contribution is 6.07. The standard InChI is InChI=1S/C24H22N2O4/c1-25-15-11-7-5-9-13(15)17-19(23(27)29-3)20(24(28)30-4)18-14-10-6-8-12-16(14)26(2)22(18)21(17)25/h5-12,19-20H,1-4H3/t19-,20+. The summed E-state index contributed by atoms with van der Waals surface area (Å²) < 4.78 is 14.6. The second-order valence-corrected chi connectivity index (χ2v) is 7.68. The van der Waals surface area contributed by atoms with Gasteiger partial charge in [0.05, 0.1) is 25.6 Å². The van der Waals surface area contributed by atoms with E-state index in [0.29, 0.717) is 0 Å². The summed E-state index contributed by atoms with van der Waals surface area (Å²) in [6, 6.07) is 15.9. The molecule has 0 N–H and O–H groups in total. The zero-order valence-corrected chi connectivity index (χ0v) is 17.3. The minimum Gasteiger partial charge on any atom is -0.469 e. The van der Waals surface area contributed by atoms with Crippen LogP contribution in [0.2, 0.25) is 0 Å². The van der Waals surface area contributed by atoms with Crippen LogP contribution in [0.1, 0.15) is 23.0 Å². The van der Waals surface area contributed by atoms with Crippen molar-refractivity contribution in [1.29, 1.82) is 0 Å². The van der Waals surface area contributed by atoms with Gasteiger partial charge in [-0.05, 0) is 12.1 Å². The summed E-state index contributed by atoms with van der Waals surface area (Å²) in [6.07, 6.45) is 0. The maximum atomic E-state index is 13.1. The van der Waals surface area contributed by atoms with Gasteiger partial charge in [-0.2, -0.15) is 0 Å². The van der Waals surface area contributed by atoms with Gasteiger partial charge >= 0.3 is 11.9 Å². The molecule has 2 aromatic carbocycles. The van der Waals surface area contributed by atoms with Gasteiger partial charge in [0.2, 0.25) is 0 Å². The lowest BCUT2D eigenvalue weighted by Crippen LogP contribution is -2.31. The van der Waals surface area contributed by atoms with Gasteiger partial charge in [0.1, 0.15) is 11.8 Å². The maximum absolute atomic E-state index is 13.1. The summed E-state index contributed by atoms with van der Waals surface area (Å²) in [5, 5.41) is 1.88. The zero-order chi connectivity index (χ0) is 21.2. The van der Waals surface area contributed by atoms with Gasteiger partial charge in [0.25, 0.3) is 0 Å². The normalized spacial score (nSPS) is 17.6. The minimum atomic E-state index is -0.790. The Bertz CT molecular complexity index is 1240. The highest BCUT2D eigenvalue weighted by atomic mass is 16.5. The number of esters is 2. The lowest BCUT2D eigenvalue weighted by molar-refractivity contribution is -0.150. The number of ether oxygens (including phenoxy) is 2. The summed E-state index contributed by atoms with van der Waals surface area (Å²) in [5.74, 6) is -2.47. The van der Waals surface area contributed by atoms with E-state index < -0.39 is 23.8 Å². The lowest BCUT2D eigenvalue weighted by atomic mass is 9.74. The van der Waals surface area contributed by atoms with Crippen LogP contribution in [0, 0.1) is 0 Å². The fraction of sp³-hybridized carbons (Fsp3) is 0.250. The molecule has 2 atom stereocenters. The predicted octanol–water partition coefficient (Wildman–Crippen LogP) is 3.86. The first-order valence-corrected chi connectivity index (χ1v) is 9.81. The van der Waals surface area contributed by atoms with Crippen molar-refractivity contribution in [2.45, 2.75) is 11.8 Å². The van der Waals surface area contributed by atoms with Crippen molar-refractivity contribution in [3.63, 3.8) is 0 Å². The Balaban J connectivity index is 2.02. The van der Waals surface area contributed by atoms with Crippen molar-refractivity contribution < 1.29 is 19.1 Å². The highest BCUT2D eigenvalue weighted by Gasteiger charge is 2.48. The molecular weight excluding hydrogens is 380 g/mol. The Morgan fingerprint density at radius 3 is 1.43 bits per heavy atom. The Hall–Kier alpha value is -3.54. The molecule has 2 heterocycles. The van der Waals surface area contributed by atoms with Crippen LogP contribution < -0.4 is 0 Å². The van der Waals surface area contributed by atoms with Crippen molar-refractivity contribution >= 4 is 33.7 Å². The predicted molar refractivity (Wildman–Crippen MR) is 114 cm³/mol. The van der Waals surface area contributed by atoms with Gasteiger partial charge < -0.3 is 18.6 Å². The van der Waals surface area contributed by atoms with Gasteiger partial charge in [0, 0.05) is 47.0 Å². The topological polar surface area (TPSA) is 62.5 Å². The fourth-order valence-corrected chi connectivity index (χ4v) is 5.14. The molecule has 2 aromatic heterocycles. The number of hydrogen-bond acceptors (Lipinski definition) is 4. The number of carbonyl (C=O) groups excluding carboxylic acids is 2. The number of carbonyl (C=O) groups is 2. The van der Waals surface area contributed by atoms with Crippen LogP contribution in [-0.2, 0) is 33.2 Å². The number of nitrogens with zero attached hydrogens (tertiary/aromatic N) is 2. The van der Waals surface area contributed by atoms with Crippen molar-refractivity contribution in [2.75, 3.05) is 14.2 Å². The molecule has 6 nitrogen and oxygen atoms in total. The molecule has 6 heteroatoms. The largest absolute Gasteiger partial charge is 0.469 e. The molecule has 0 amide bonds. The molecule has 1 aliphatic carbocycles.